The predicted molar refractivity (Wildman–Crippen MR) is 79.7 cm³/mol. The van der Waals surface area contributed by atoms with Gasteiger partial charge in [0.05, 0.1) is 3.57 Å². The summed E-state index contributed by atoms with van der Waals surface area (Å²) < 4.78 is 20.2. The highest BCUT2D eigenvalue weighted by Crippen LogP contribution is 2.19. The Morgan fingerprint density at radius 2 is 2.06 bits per heavy atom. The topological polar surface area (TPSA) is 61.4 Å². The van der Waals surface area contributed by atoms with Gasteiger partial charge in [0.25, 0.3) is 0 Å². The maximum atomic E-state index is 12.0. The van der Waals surface area contributed by atoms with Crippen molar-refractivity contribution in [1.82, 2.24) is 4.72 Å². The maximum Gasteiger partial charge on any atom is 0.449 e. The molecule has 1 aromatic carbocycles. The van der Waals surface area contributed by atoms with Gasteiger partial charge in [-0.1, -0.05) is 6.07 Å². The van der Waals surface area contributed by atoms with Gasteiger partial charge in [-0.3, -0.25) is 0 Å². The van der Waals surface area contributed by atoms with Crippen LogP contribution in [0.1, 0.15) is 26.3 Å². The number of halogens is 1. The lowest BCUT2D eigenvalue weighted by molar-refractivity contribution is 0.0570. The van der Waals surface area contributed by atoms with E-state index >= 15 is 0 Å². The van der Waals surface area contributed by atoms with Gasteiger partial charge in [-0.2, -0.15) is 0 Å². The standard InChI is InChI=1S/C12H16INO3S/c1-8-5-6-10(9(13)7-8)18(16)14-11(15)17-12(2,3)4/h5-7H,1-4H3,(H,14,15)/t18-/m0/s1. The summed E-state index contributed by atoms with van der Waals surface area (Å²) in [4.78, 5) is 12.1. The Balaban J connectivity index is 2.71. The zero-order valence-corrected chi connectivity index (χ0v) is 13.7. The number of carbonyl (C=O) groups excluding carboxylic acids is 1. The molecule has 0 heterocycles. The van der Waals surface area contributed by atoms with E-state index in [1.54, 1.807) is 26.8 Å². The molecule has 0 spiro atoms. The Morgan fingerprint density at radius 1 is 1.44 bits per heavy atom. The van der Waals surface area contributed by atoms with E-state index < -0.39 is 23.1 Å². The first kappa shape index (κ1) is 15.6. The van der Waals surface area contributed by atoms with Crippen molar-refractivity contribution in [2.45, 2.75) is 38.2 Å². The van der Waals surface area contributed by atoms with Crippen molar-refractivity contribution in [3.05, 3.63) is 27.3 Å². The summed E-state index contributed by atoms with van der Waals surface area (Å²) in [6.45, 7) is 7.22. The number of hydrogen-bond donors (Lipinski definition) is 1. The Kier molecular flexibility index (Phi) is 5.30. The number of ether oxygens (including phenoxy) is 1. The molecule has 1 amide bonds. The highest BCUT2D eigenvalue weighted by atomic mass is 127. The van der Waals surface area contributed by atoms with Crippen LogP contribution in [0.3, 0.4) is 0 Å². The molecule has 100 valence electrons. The number of rotatable bonds is 2. The lowest BCUT2D eigenvalue weighted by atomic mass is 10.2. The summed E-state index contributed by atoms with van der Waals surface area (Å²) in [5.41, 5.74) is 0.478. The van der Waals surface area contributed by atoms with E-state index in [1.807, 2.05) is 19.1 Å². The average Bonchev–Trinajstić information content (AvgIpc) is 2.13. The Labute approximate surface area is 124 Å². The monoisotopic (exact) mass is 381 g/mol. The minimum Gasteiger partial charge on any atom is -0.588 e. The second kappa shape index (κ2) is 6.12. The van der Waals surface area contributed by atoms with E-state index in [2.05, 4.69) is 27.3 Å². The largest absolute Gasteiger partial charge is 0.588 e. The fraction of sp³-hybridized carbons (Fsp3) is 0.417. The van der Waals surface area contributed by atoms with Crippen molar-refractivity contribution in [3.8, 4) is 0 Å². The molecule has 0 aliphatic carbocycles. The molecule has 1 aromatic rings. The molecule has 1 atom stereocenters. The minimum absolute atomic E-state index is 0.576. The Morgan fingerprint density at radius 3 is 2.56 bits per heavy atom. The van der Waals surface area contributed by atoms with E-state index in [1.165, 1.54) is 0 Å². The van der Waals surface area contributed by atoms with Crippen molar-refractivity contribution in [2.75, 3.05) is 0 Å². The lowest BCUT2D eigenvalue weighted by Gasteiger charge is -2.20. The van der Waals surface area contributed by atoms with E-state index in [4.69, 9.17) is 4.74 Å². The second-order valence-electron chi connectivity index (χ2n) is 4.81. The van der Waals surface area contributed by atoms with Gasteiger partial charge in [0.2, 0.25) is 0 Å². The molecule has 4 nitrogen and oxygen atoms in total. The summed E-state index contributed by atoms with van der Waals surface area (Å²) in [5.74, 6) is 0. The van der Waals surface area contributed by atoms with Crippen LogP contribution in [-0.4, -0.2) is 16.2 Å². The van der Waals surface area contributed by atoms with Gasteiger partial charge in [0, 0.05) is 0 Å². The summed E-state index contributed by atoms with van der Waals surface area (Å²) in [6.07, 6.45) is -0.683. The molecule has 0 saturated carbocycles. The van der Waals surface area contributed by atoms with E-state index in [9.17, 15) is 9.35 Å². The van der Waals surface area contributed by atoms with Crippen LogP contribution in [0.2, 0.25) is 0 Å². The van der Waals surface area contributed by atoms with Gasteiger partial charge < -0.3 is 9.29 Å². The first-order chi connectivity index (χ1) is 8.19. The van der Waals surface area contributed by atoms with Gasteiger partial charge >= 0.3 is 6.09 Å². The number of carbonyl (C=O) groups is 1. The molecule has 0 radical (unpaired) electrons. The number of amides is 1. The van der Waals surface area contributed by atoms with Crippen LogP contribution in [0.4, 0.5) is 4.79 Å². The molecule has 0 bridgehead atoms. The van der Waals surface area contributed by atoms with Crippen molar-refractivity contribution in [2.24, 2.45) is 0 Å². The van der Waals surface area contributed by atoms with Gasteiger partial charge in [0.15, 0.2) is 4.90 Å². The normalized spacial score (nSPS) is 13.0. The SMILES string of the molecule is Cc1ccc([S@+]([O-])NC(=O)OC(C)(C)C)c(I)c1. The Bertz CT molecular complexity index is 445. The quantitative estimate of drug-likeness (QED) is 0.633. The first-order valence-electron chi connectivity index (χ1n) is 5.36. The smallest absolute Gasteiger partial charge is 0.449 e. The van der Waals surface area contributed by atoms with E-state index in [0.29, 0.717) is 4.90 Å². The Hall–Kier alpha value is -0.470. The van der Waals surface area contributed by atoms with Crippen LogP contribution in [0.5, 0.6) is 0 Å². The second-order valence-corrected chi connectivity index (χ2v) is 7.15. The molecular formula is C12H16INO3S. The van der Waals surface area contributed by atoms with Crippen LogP contribution in [0, 0.1) is 10.5 Å². The number of hydrogen-bond acceptors (Lipinski definition) is 3. The zero-order chi connectivity index (χ0) is 13.9. The third-order valence-corrected chi connectivity index (χ3v) is 4.23. The molecule has 0 saturated heterocycles. The molecule has 18 heavy (non-hydrogen) atoms. The van der Waals surface area contributed by atoms with Gasteiger partial charge in [0.1, 0.15) is 17.0 Å². The number of nitrogens with one attached hydrogen (secondary N) is 1. The maximum absolute atomic E-state index is 12.0. The molecule has 0 aliphatic rings. The third kappa shape index (κ3) is 5.03. The number of benzene rings is 1. The molecule has 6 heteroatoms. The lowest BCUT2D eigenvalue weighted by Crippen LogP contribution is -2.36. The fourth-order valence-electron chi connectivity index (χ4n) is 1.19. The average molecular weight is 381 g/mol. The van der Waals surface area contributed by atoms with Gasteiger partial charge in [-0.15, -0.1) is 4.72 Å². The molecule has 0 aliphatic heterocycles. The van der Waals surface area contributed by atoms with E-state index in [0.717, 1.165) is 9.13 Å². The van der Waals surface area contributed by atoms with Crippen molar-refractivity contribution >= 4 is 40.0 Å². The highest BCUT2D eigenvalue weighted by Gasteiger charge is 2.23. The zero-order valence-electron chi connectivity index (χ0n) is 10.7. The van der Waals surface area contributed by atoms with Crippen LogP contribution < -0.4 is 4.72 Å². The van der Waals surface area contributed by atoms with Gasteiger partial charge in [-0.05, 0) is 68.0 Å². The van der Waals surface area contributed by atoms with Crippen molar-refractivity contribution in [3.63, 3.8) is 0 Å². The fourth-order valence-corrected chi connectivity index (χ4v) is 3.19. The predicted octanol–water partition coefficient (Wildman–Crippen LogP) is 3.15. The molecular weight excluding hydrogens is 365 g/mol. The highest BCUT2D eigenvalue weighted by molar-refractivity contribution is 14.1. The van der Waals surface area contributed by atoms with Crippen molar-refractivity contribution < 1.29 is 14.1 Å². The summed E-state index contributed by atoms with van der Waals surface area (Å²) in [5, 5.41) is 0. The van der Waals surface area contributed by atoms with Crippen LogP contribution >= 0.6 is 22.6 Å². The number of aryl methyl sites for hydroxylation is 1. The molecule has 1 rings (SSSR count). The van der Waals surface area contributed by atoms with Crippen LogP contribution in [-0.2, 0) is 16.1 Å². The third-order valence-electron chi connectivity index (χ3n) is 1.86. The van der Waals surface area contributed by atoms with Crippen LogP contribution in [0.25, 0.3) is 0 Å². The van der Waals surface area contributed by atoms with E-state index in [-0.39, 0.29) is 0 Å². The first-order valence-corrected chi connectivity index (χ1v) is 7.59. The summed E-state index contributed by atoms with van der Waals surface area (Å²) >= 11 is 0.491. The van der Waals surface area contributed by atoms with Gasteiger partial charge in [-0.25, -0.2) is 4.79 Å². The molecule has 1 N–H and O–H groups in total. The molecule has 0 aromatic heterocycles. The molecule has 0 unspecified atom stereocenters. The van der Waals surface area contributed by atoms with Crippen LogP contribution in [0.15, 0.2) is 23.1 Å². The summed E-state index contributed by atoms with van der Waals surface area (Å²) in [7, 11) is 0. The minimum atomic E-state index is -1.60. The summed E-state index contributed by atoms with van der Waals surface area (Å²) in [6, 6.07) is 5.50. The molecule has 0 fully saturated rings. The van der Waals surface area contributed by atoms with Crippen molar-refractivity contribution in [1.29, 1.82) is 0 Å².